The van der Waals surface area contributed by atoms with Crippen molar-refractivity contribution in [2.75, 3.05) is 13.7 Å². The molecule has 0 saturated heterocycles. The summed E-state index contributed by atoms with van der Waals surface area (Å²) in [6.45, 7) is 5.92. The van der Waals surface area contributed by atoms with Crippen molar-refractivity contribution in [1.29, 1.82) is 0 Å². The number of aryl methyl sites for hydroxylation is 2. The largest absolute Gasteiger partial charge is 0.484 e. The second kappa shape index (κ2) is 9.04. The molecule has 0 aromatic heterocycles. The molecule has 0 bridgehead atoms. The van der Waals surface area contributed by atoms with Gasteiger partial charge in [0.1, 0.15) is 11.8 Å². The van der Waals surface area contributed by atoms with Gasteiger partial charge in [-0.05, 0) is 49.6 Å². The first-order valence-corrected chi connectivity index (χ1v) is 8.66. The molecule has 1 atom stereocenters. The van der Waals surface area contributed by atoms with Crippen LogP contribution in [0.3, 0.4) is 0 Å². The highest BCUT2D eigenvalue weighted by Crippen LogP contribution is 2.17. The van der Waals surface area contributed by atoms with Crippen LogP contribution in [0.1, 0.15) is 23.6 Å². The van der Waals surface area contributed by atoms with Crippen molar-refractivity contribution in [1.82, 2.24) is 10.2 Å². The van der Waals surface area contributed by atoms with E-state index >= 15 is 0 Å². The molecule has 2 aromatic rings. The summed E-state index contributed by atoms with van der Waals surface area (Å²) >= 11 is 0. The molecule has 1 unspecified atom stereocenters. The third-order valence-electron chi connectivity index (χ3n) is 4.17. The SMILES string of the molecule is CNC(=O)C(C)N(Cc1ccccc1)C(=O)COc1cc(C)cc(C)c1. The molecule has 5 nitrogen and oxygen atoms in total. The molecule has 0 aliphatic heterocycles. The maximum atomic E-state index is 12.8. The monoisotopic (exact) mass is 354 g/mol. The second-order valence-corrected chi connectivity index (χ2v) is 6.41. The number of nitrogens with one attached hydrogen (secondary N) is 1. The van der Waals surface area contributed by atoms with Gasteiger partial charge in [-0.3, -0.25) is 9.59 Å². The molecule has 5 heteroatoms. The first-order chi connectivity index (χ1) is 12.4. The number of carbonyl (C=O) groups excluding carboxylic acids is 2. The van der Waals surface area contributed by atoms with Crippen LogP contribution in [0, 0.1) is 13.8 Å². The van der Waals surface area contributed by atoms with Crippen molar-refractivity contribution in [3.05, 3.63) is 65.2 Å². The Morgan fingerprint density at radius 1 is 1.08 bits per heavy atom. The van der Waals surface area contributed by atoms with Gasteiger partial charge in [-0.2, -0.15) is 0 Å². The number of carbonyl (C=O) groups is 2. The van der Waals surface area contributed by atoms with Crippen LogP contribution < -0.4 is 10.1 Å². The van der Waals surface area contributed by atoms with Crippen LogP contribution in [0.4, 0.5) is 0 Å². The van der Waals surface area contributed by atoms with E-state index in [9.17, 15) is 9.59 Å². The van der Waals surface area contributed by atoms with Crippen molar-refractivity contribution in [2.45, 2.75) is 33.4 Å². The Balaban J connectivity index is 2.12. The highest BCUT2D eigenvalue weighted by Gasteiger charge is 2.25. The summed E-state index contributed by atoms with van der Waals surface area (Å²) in [6.07, 6.45) is 0. The molecule has 138 valence electrons. The average Bonchev–Trinajstić information content (AvgIpc) is 2.63. The molecule has 0 saturated carbocycles. The van der Waals surface area contributed by atoms with Crippen molar-refractivity contribution >= 4 is 11.8 Å². The zero-order chi connectivity index (χ0) is 19.1. The van der Waals surface area contributed by atoms with Gasteiger partial charge in [0.05, 0.1) is 0 Å². The summed E-state index contributed by atoms with van der Waals surface area (Å²) < 4.78 is 5.69. The van der Waals surface area contributed by atoms with E-state index in [0.29, 0.717) is 12.3 Å². The van der Waals surface area contributed by atoms with Crippen LogP contribution in [0.25, 0.3) is 0 Å². The van der Waals surface area contributed by atoms with Crippen LogP contribution in [0.15, 0.2) is 48.5 Å². The molecule has 0 fully saturated rings. The fourth-order valence-corrected chi connectivity index (χ4v) is 2.82. The molecule has 0 radical (unpaired) electrons. The number of rotatable bonds is 7. The zero-order valence-electron chi connectivity index (χ0n) is 15.8. The summed E-state index contributed by atoms with van der Waals surface area (Å²) in [4.78, 5) is 26.4. The van der Waals surface area contributed by atoms with Gasteiger partial charge in [0, 0.05) is 13.6 Å². The Bertz CT molecular complexity index is 739. The quantitative estimate of drug-likeness (QED) is 0.832. The molecule has 0 aliphatic carbocycles. The molecular formula is C21H26N2O3. The second-order valence-electron chi connectivity index (χ2n) is 6.41. The van der Waals surface area contributed by atoms with E-state index in [1.807, 2.05) is 62.4 Å². The van der Waals surface area contributed by atoms with Crippen molar-refractivity contribution in [2.24, 2.45) is 0 Å². The Kier molecular flexibility index (Phi) is 6.78. The van der Waals surface area contributed by atoms with Crippen LogP contribution in [-0.4, -0.2) is 36.4 Å². The molecule has 2 aromatic carbocycles. The first kappa shape index (κ1) is 19.5. The van der Waals surface area contributed by atoms with E-state index in [4.69, 9.17) is 4.74 Å². The predicted molar refractivity (Wildman–Crippen MR) is 102 cm³/mol. The lowest BCUT2D eigenvalue weighted by molar-refractivity contribution is -0.142. The van der Waals surface area contributed by atoms with E-state index in [1.54, 1.807) is 14.0 Å². The van der Waals surface area contributed by atoms with Crippen molar-refractivity contribution < 1.29 is 14.3 Å². The minimum atomic E-state index is -0.587. The lowest BCUT2D eigenvalue weighted by atomic mass is 10.1. The standard InChI is InChI=1S/C21H26N2O3/c1-15-10-16(2)12-19(11-15)26-14-20(24)23(17(3)21(25)22-4)13-18-8-6-5-7-9-18/h5-12,17H,13-14H2,1-4H3,(H,22,25). The molecule has 1 N–H and O–H groups in total. The minimum absolute atomic E-state index is 0.114. The molecule has 26 heavy (non-hydrogen) atoms. The Hall–Kier alpha value is -2.82. The van der Waals surface area contributed by atoms with Gasteiger partial charge in [0.15, 0.2) is 6.61 Å². The van der Waals surface area contributed by atoms with Gasteiger partial charge in [0.2, 0.25) is 5.91 Å². The zero-order valence-corrected chi connectivity index (χ0v) is 15.8. The van der Waals surface area contributed by atoms with E-state index < -0.39 is 6.04 Å². The van der Waals surface area contributed by atoms with E-state index in [1.165, 1.54) is 4.90 Å². The summed E-state index contributed by atoms with van der Waals surface area (Å²) in [5.74, 6) is 0.216. The summed E-state index contributed by atoms with van der Waals surface area (Å²) in [6, 6.07) is 14.8. The van der Waals surface area contributed by atoms with Gasteiger partial charge < -0.3 is 15.0 Å². The van der Waals surface area contributed by atoms with E-state index in [2.05, 4.69) is 5.32 Å². The molecular weight excluding hydrogens is 328 g/mol. The summed E-state index contributed by atoms with van der Waals surface area (Å²) in [5, 5.41) is 2.60. The van der Waals surface area contributed by atoms with Crippen molar-refractivity contribution in [3.8, 4) is 5.75 Å². The molecule has 2 amide bonds. The molecule has 0 heterocycles. The van der Waals surface area contributed by atoms with Gasteiger partial charge >= 0.3 is 0 Å². The van der Waals surface area contributed by atoms with Crippen LogP contribution in [0.2, 0.25) is 0 Å². The minimum Gasteiger partial charge on any atom is -0.484 e. The first-order valence-electron chi connectivity index (χ1n) is 8.66. The molecule has 0 spiro atoms. The summed E-state index contributed by atoms with van der Waals surface area (Å²) in [7, 11) is 1.57. The number of hydrogen-bond acceptors (Lipinski definition) is 3. The van der Waals surface area contributed by atoms with Crippen LogP contribution >= 0.6 is 0 Å². The maximum Gasteiger partial charge on any atom is 0.261 e. The Morgan fingerprint density at radius 3 is 2.27 bits per heavy atom. The lowest BCUT2D eigenvalue weighted by Crippen LogP contribution is -2.48. The van der Waals surface area contributed by atoms with Gasteiger partial charge in [-0.15, -0.1) is 0 Å². The Labute approximate surface area is 155 Å². The fraction of sp³-hybridized carbons (Fsp3) is 0.333. The number of nitrogens with zero attached hydrogens (tertiary/aromatic N) is 1. The smallest absolute Gasteiger partial charge is 0.261 e. The maximum absolute atomic E-state index is 12.8. The third kappa shape index (κ3) is 5.34. The van der Waals surface area contributed by atoms with Crippen LogP contribution in [-0.2, 0) is 16.1 Å². The number of benzene rings is 2. The van der Waals surface area contributed by atoms with Crippen LogP contribution in [0.5, 0.6) is 5.75 Å². The number of amides is 2. The van der Waals surface area contributed by atoms with Gasteiger partial charge in [0.25, 0.3) is 5.91 Å². The molecule has 2 rings (SSSR count). The van der Waals surface area contributed by atoms with E-state index in [-0.39, 0.29) is 18.4 Å². The van der Waals surface area contributed by atoms with E-state index in [0.717, 1.165) is 16.7 Å². The lowest BCUT2D eigenvalue weighted by Gasteiger charge is -2.28. The predicted octanol–water partition coefficient (Wildman–Crippen LogP) is 2.85. The normalized spacial score (nSPS) is 11.5. The highest BCUT2D eigenvalue weighted by molar-refractivity contribution is 5.87. The Morgan fingerprint density at radius 2 is 1.69 bits per heavy atom. The third-order valence-corrected chi connectivity index (χ3v) is 4.17. The average molecular weight is 354 g/mol. The summed E-state index contributed by atoms with van der Waals surface area (Å²) in [5.41, 5.74) is 3.11. The molecule has 0 aliphatic rings. The fourth-order valence-electron chi connectivity index (χ4n) is 2.82. The number of ether oxygens (including phenoxy) is 1. The van der Waals surface area contributed by atoms with Gasteiger partial charge in [-0.1, -0.05) is 36.4 Å². The van der Waals surface area contributed by atoms with Gasteiger partial charge in [-0.25, -0.2) is 0 Å². The number of hydrogen-bond donors (Lipinski definition) is 1. The topological polar surface area (TPSA) is 58.6 Å². The highest BCUT2D eigenvalue weighted by atomic mass is 16.5. The van der Waals surface area contributed by atoms with Crippen molar-refractivity contribution in [3.63, 3.8) is 0 Å². The number of likely N-dealkylation sites (N-methyl/N-ethyl adjacent to an activating group) is 1.